The van der Waals surface area contributed by atoms with E-state index in [9.17, 15) is 33.3 Å². The fraction of sp³-hybridized carbons (Fsp3) is 0.0690. The van der Waals surface area contributed by atoms with Gasteiger partial charge in [-0.2, -0.15) is 13.2 Å². The maximum Gasteiger partial charge on any atom is 0.416 e. The molecule has 9 nitrogen and oxygen atoms in total. The molecule has 0 unspecified atom stereocenters. The summed E-state index contributed by atoms with van der Waals surface area (Å²) in [7, 11) is 0. The number of para-hydroxylation sites is 1. The molecule has 0 aliphatic carbocycles. The number of aromatic carboxylic acids is 1. The number of hydrogen-bond donors (Lipinski definition) is 3. The zero-order valence-corrected chi connectivity index (χ0v) is 20.8. The van der Waals surface area contributed by atoms with Crippen LogP contribution in [0, 0.1) is 0 Å². The molecule has 0 bridgehead atoms. The summed E-state index contributed by atoms with van der Waals surface area (Å²) in [6, 6.07) is 18.1. The van der Waals surface area contributed by atoms with E-state index in [-0.39, 0.29) is 45.9 Å². The molecule has 1 aliphatic heterocycles. The number of hydrogen-bond acceptors (Lipinski definition) is 7. The van der Waals surface area contributed by atoms with Crippen molar-refractivity contribution in [1.29, 1.82) is 0 Å². The fourth-order valence-electron chi connectivity index (χ4n) is 4.59. The number of carboxylic acid groups (broad SMARTS) is 1. The van der Waals surface area contributed by atoms with Gasteiger partial charge in [-0.15, -0.1) is 10.2 Å². The van der Waals surface area contributed by atoms with Gasteiger partial charge in [-0.25, -0.2) is 4.79 Å². The van der Waals surface area contributed by atoms with Crippen molar-refractivity contribution in [2.75, 3.05) is 6.79 Å². The highest BCUT2D eigenvalue weighted by Gasteiger charge is 2.32. The molecule has 0 spiro atoms. The van der Waals surface area contributed by atoms with Gasteiger partial charge < -0.3 is 24.8 Å². The Morgan fingerprint density at radius 2 is 1.66 bits per heavy atom. The normalized spacial score (nSPS) is 12.9. The Kier molecular flexibility index (Phi) is 6.02. The van der Waals surface area contributed by atoms with Crippen LogP contribution in [0.2, 0.25) is 0 Å². The van der Waals surface area contributed by atoms with Gasteiger partial charge in [0, 0.05) is 17.0 Å². The molecular formula is C29H18F3N3O6. The molecular weight excluding hydrogens is 543 g/mol. The molecule has 1 aliphatic rings. The molecule has 0 radical (unpaired) electrons. The number of benzene rings is 4. The zero-order valence-electron chi connectivity index (χ0n) is 20.8. The van der Waals surface area contributed by atoms with Crippen LogP contribution in [-0.2, 0) is 6.18 Å². The highest BCUT2D eigenvalue weighted by Crippen LogP contribution is 2.46. The van der Waals surface area contributed by atoms with Crippen LogP contribution in [0.25, 0.3) is 27.7 Å². The molecule has 3 N–H and O–H groups in total. The van der Waals surface area contributed by atoms with Gasteiger partial charge in [-0.3, -0.25) is 4.57 Å². The fourth-order valence-corrected chi connectivity index (χ4v) is 4.59. The number of nitrogens with zero attached hydrogens (tertiary/aromatic N) is 3. The van der Waals surface area contributed by atoms with E-state index >= 15 is 0 Å². The van der Waals surface area contributed by atoms with Gasteiger partial charge in [0.15, 0.2) is 22.9 Å². The van der Waals surface area contributed by atoms with Crippen LogP contribution >= 0.6 is 0 Å². The average Bonchev–Trinajstić information content (AvgIpc) is 3.53. The summed E-state index contributed by atoms with van der Waals surface area (Å²) < 4.78 is 52.6. The van der Waals surface area contributed by atoms with Crippen LogP contribution in [0.15, 0.2) is 89.1 Å². The summed E-state index contributed by atoms with van der Waals surface area (Å²) in [6.45, 7) is -0.0158. The van der Waals surface area contributed by atoms with Crippen molar-refractivity contribution in [2.24, 2.45) is 10.2 Å². The summed E-state index contributed by atoms with van der Waals surface area (Å²) in [6.07, 6.45) is -4.64. The van der Waals surface area contributed by atoms with Crippen LogP contribution in [0.5, 0.6) is 23.1 Å². The smallest absolute Gasteiger partial charge is 0.416 e. The van der Waals surface area contributed by atoms with Gasteiger partial charge in [0.25, 0.3) is 0 Å². The van der Waals surface area contributed by atoms with Crippen molar-refractivity contribution in [3.05, 3.63) is 90.0 Å². The first kappa shape index (κ1) is 25.7. The molecule has 5 aromatic rings. The predicted octanol–water partition coefficient (Wildman–Crippen LogP) is 7.57. The van der Waals surface area contributed by atoms with Crippen molar-refractivity contribution < 1.29 is 42.8 Å². The van der Waals surface area contributed by atoms with Crippen LogP contribution in [0.3, 0.4) is 0 Å². The second-order valence-electron chi connectivity index (χ2n) is 9.03. The summed E-state index contributed by atoms with van der Waals surface area (Å²) >= 11 is 0. The number of halogens is 3. The monoisotopic (exact) mass is 561 g/mol. The van der Waals surface area contributed by atoms with Crippen LogP contribution in [0.4, 0.5) is 24.5 Å². The number of fused-ring (bicyclic) bond motifs is 2. The second kappa shape index (κ2) is 9.59. The van der Waals surface area contributed by atoms with Crippen molar-refractivity contribution in [2.45, 2.75) is 6.18 Å². The van der Waals surface area contributed by atoms with Crippen molar-refractivity contribution in [1.82, 2.24) is 4.57 Å². The molecule has 0 atom stereocenters. The number of alkyl halides is 3. The van der Waals surface area contributed by atoms with Crippen LogP contribution in [0.1, 0.15) is 15.9 Å². The third-order valence-electron chi connectivity index (χ3n) is 6.55. The third kappa shape index (κ3) is 4.54. The number of rotatable bonds is 5. The maximum absolute atomic E-state index is 13.6. The Hall–Kier alpha value is -5.52. The van der Waals surface area contributed by atoms with E-state index in [1.54, 1.807) is 30.3 Å². The van der Waals surface area contributed by atoms with E-state index in [1.807, 2.05) is 0 Å². The minimum Gasteiger partial charge on any atom is -0.505 e. The minimum atomic E-state index is -4.64. The third-order valence-corrected chi connectivity index (χ3v) is 6.55. The molecule has 0 fully saturated rings. The lowest BCUT2D eigenvalue weighted by Crippen LogP contribution is -2.05. The Balaban J connectivity index is 1.48. The van der Waals surface area contributed by atoms with E-state index in [0.717, 1.165) is 12.1 Å². The molecule has 4 aromatic carbocycles. The molecule has 41 heavy (non-hydrogen) atoms. The number of phenolic OH excluding ortho intramolecular Hbond substituents is 1. The highest BCUT2D eigenvalue weighted by molar-refractivity contribution is 5.97. The molecule has 0 saturated heterocycles. The topological polar surface area (TPSA) is 126 Å². The lowest BCUT2D eigenvalue weighted by molar-refractivity contribution is -0.137. The Morgan fingerprint density at radius 3 is 2.44 bits per heavy atom. The Bertz CT molecular complexity index is 1880. The number of ether oxygens (including phenoxy) is 2. The molecule has 2 heterocycles. The van der Waals surface area contributed by atoms with Crippen molar-refractivity contribution in [3.63, 3.8) is 0 Å². The molecule has 12 heteroatoms. The summed E-state index contributed by atoms with van der Waals surface area (Å²) in [5, 5.41) is 39.8. The van der Waals surface area contributed by atoms with Gasteiger partial charge >= 0.3 is 12.1 Å². The van der Waals surface area contributed by atoms with E-state index in [0.29, 0.717) is 22.7 Å². The number of azo groups is 1. The zero-order chi connectivity index (χ0) is 28.9. The first-order chi connectivity index (χ1) is 19.6. The average molecular weight is 561 g/mol. The molecule has 0 amide bonds. The summed E-state index contributed by atoms with van der Waals surface area (Å²) in [4.78, 5) is 11.4. The quantitative estimate of drug-likeness (QED) is 0.190. The Labute approximate surface area is 229 Å². The van der Waals surface area contributed by atoms with Crippen molar-refractivity contribution in [3.8, 4) is 39.9 Å². The van der Waals surface area contributed by atoms with E-state index in [4.69, 9.17) is 9.47 Å². The highest BCUT2D eigenvalue weighted by atomic mass is 19.4. The largest absolute Gasteiger partial charge is 0.505 e. The standard InChI is InChI=1S/C29H18F3N3O6/c30-29(31,32)17-7-9-20-22(12-17)35(18-8-10-23-24(13-18)41-14-40-23)27(37)25(20)34-33-21-6-2-5-19(26(21)36)15-3-1-4-16(11-15)28(38)39/h1-13,36-37H,14H2,(H,38,39). The van der Waals surface area contributed by atoms with Gasteiger partial charge in [0.05, 0.1) is 22.3 Å². The molecule has 206 valence electrons. The summed E-state index contributed by atoms with van der Waals surface area (Å²) in [5.74, 6) is -1.13. The van der Waals surface area contributed by atoms with E-state index < -0.39 is 23.6 Å². The minimum absolute atomic E-state index is 0.00796. The van der Waals surface area contributed by atoms with Gasteiger partial charge in [0.1, 0.15) is 5.69 Å². The molecule has 1 aromatic heterocycles. The number of phenols is 1. The van der Waals surface area contributed by atoms with Gasteiger partial charge in [-0.05, 0) is 54.1 Å². The summed E-state index contributed by atoms with van der Waals surface area (Å²) in [5.41, 5.74) is -0.0556. The Morgan fingerprint density at radius 1 is 0.878 bits per heavy atom. The second-order valence-corrected chi connectivity index (χ2v) is 9.03. The van der Waals surface area contributed by atoms with Gasteiger partial charge in [-0.1, -0.05) is 24.3 Å². The van der Waals surface area contributed by atoms with E-state index in [2.05, 4.69) is 10.2 Å². The maximum atomic E-state index is 13.6. The predicted molar refractivity (Wildman–Crippen MR) is 141 cm³/mol. The number of carbonyl (C=O) groups is 1. The lowest BCUT2D eigenvalue weighted by atomic mass is 10.0. The number of aromatic nitrogens is 1. The molecule has 0 saturated carbocycles. The van der Waals surface area contributed by atoms with Crippen LogP contribution < -0.4 is 9.47 Å². The number of carboxylic acids is 1. The number of aromatic hydroxyl groups is 2. The van der Waals surface area contributed by atoms with Gasteiger partial charge in [0.2, 0.25) is 12.7 Å². The van der Waals surface area contributed by atoms with E-state index in [1.165, 1.54) is 41.0 Å². The van der Waals surface area contributed by atoms with Crippen LogP contribution in [-0.4, -0.2) is 32.6 Å². The van der Waals surface area contributed by atoms with Crippen molar-refractivity contribution >= 4 is 28.2 Å². The first-order valence-electron chi connectivity index (χ1n) is 12.0. The lowest BCUT2D eigenvalue weighted by Gasteiger charge is -2.10. The molecule has 6 rings (SSSR count). The SMILES string of the molecule is O=C(O)c1cccc(-c2cccc(N=Nc3c(O)n(-c4ccc5c(c4)OCO5)c4cc(C(F)(F)F)ccc34)c2O)c1. The first-order valence-corrected chi connectivity index (χ1v) is 12.0.